The molecule has 8 heteroatoms. The minimum absolute atomic E-state index is 0.432. The molecule has 1 amide bonds. The van der Waals surface area contributed by atoms with Crippen LogP contribution in [-0.4, -0.2) is 43.5 Å². The molecule has 0 bridgehead atoms. The summed E-state index contributed by atoms with van der Waals surface area (Å²) in [5.74, 6) is -2.08. The van der Waals surface area contributed by atoms with Crippen molar-refractivity contribution >= 4 is 27.4 Å². The zero-order valence-corrected chi connectivity index (χ0v) is 12.5. The molecule has 21 heavy (non-hydrogen) atoms. The predicted molar refractivity (Wildman–Crippen MR) is 77.1 cm³/mol. The van der Waals surface area contributed by atoms with E-state index in [1.807, 2.05) is 0 Å². The molecule has 1 atom stereocenters. The Labute approximate surface area is 122 Å². The quantitative estimate of drug-likeness (QED) is 0.774. The number of methoxy groups -OCH3 is 1. The van der Waals surface area contributed by atoms with E-state index in [2.05, 4.69) is 5.32 Å². The molecule has 2 N–H and O–H groups in total. The normalized spacial score (nSPS) is 12.5. The molecule has 0 heterocycles. The Morgan fingerprint density at radius 2 is 1.86 bits per heavy atom. The number of hydrogen-bond donors (Lipinski definition) is 2. The summed E-state index contributed by atoms with van der Waals surface area (Å²) in [7, 11) is -2.30. The van der Waals surface area contributed by atoms with Crippen LogP contribution in [0.1, 0.15) is 13.3 Å². The second-order valence-corrected chi connectivity index (χ2v) is 6.91. The average molecular weight is 315 g/mol. The maximum atomic E-state index is 11.8. The summed E-state index contributed by atoms with van der Waals surface area (Å²) in [4.78, 5) is 22.2. The fraction of sp³-hybridized carbons (Fsp3) is 0.385. The molecule has 116 valence electrons. The largest absolute Gasteiger partial charge is 0.497 e. The second-order valence-electron chi connectivity index (χ2n) is 4.49. The number of nitrogens with one attached hydrogen (secondary N) is 1. The van der Waals surface area contributed by atoms with E-state index in [9.17, 15) is 18.0 Å². The average Bonchev–Trinajstić information content (AvgIpc) is 2.38. The van der Waals surface area contributed by atoms with Crippen molar-refractivity contribution in [2.24, 2.45) is 0 Å². The van der Waals surface area contributed by atoms with Gasteiger partial charge in [0.05, 0.1) is 18.8 Å². The van der Waals surface area contributed by atoms with Crippen LogP contribution in [-0.2, 0) is 19.4 Å². The highest BCUT2D eigenvalue weighted by atomic mass is 32.2. The number of carbonyl (C=O) groups excluding carboxylic acids is 1. The highest BCUT2D eigenvalue weighted by Gasteiger charge is 2.26. The first kappa shape index (κ1) is 17.0. The SMILES string of the molecule is COc1ccc(NC(=O)CS(=O)(=O)C(C)CC(=O)O)cc1. The van der Waals surface area contributed by atoms with Crippen LogP contribution in [0.2, 0.25) is 0 Å². The van der Waals surface area contributed by atoms with Crippen molar-refractivity contribution < 1.29 is 27.9 Å². The number of benzene rings is 1. The first-order valence-electron chi connectivity index (χ1n) is 6.12. The summed E-state index contributed by atoms with van der Waals surface area (Å²) in [5.41, 5.74) is 0.432. The van der Waals surface area contributed by atoms with Gasteiger partial charge in [-0.05, 0) is 31.2 Å². The topological polar surface area (TPSA) is 110 Å². The van der Waals surface area contributed by atoms with Gasteiger partial charge in [0.2, 0.25) is 5.91 Å². The number of rotatable bonds is 7. The summed E-state index contributed by atoms with van der Waals surface area (Å²) in [6.07, 6.45) is -0.530. The van der Waals surface area contributed by atoms with E-state index in [0.29, 0.717) is 11.4 Å². The third-order valence-electron chi connectivity index (χ3n) is 2.78. The van der Waals surface area contributed by atoms with Crippen molar-refractivity contribution in [3.8, 4) is 5.75 Å². The fourth-order valence-electron chi connectivity index (χ4n) is 1.57. The molecular formula is C13H17NO6S. The molecule has 0 fully saturated rings. The van der Waals surface area contributed by atoms with E-state index < -0.39 is 39.1 Å². The maximum Gasteiger partial charge on any atom is 0.304 e. The van der Waals surface area contributed by atoms with Gasteiger partial charge < -0.3 is 15.2 Å². The van der Waals surface area contributed by atoms with Crippen molar-refractivity contribution in [1.29, 1.82) is 0 Å². The Morgan fingerprint density at radius 1 is 1.29 bits per heavy atom. The minimum Gasteiger partial charge on any atom is -0.497 e. The third kappa shape index (κ3) is 5.42. The number of carboxylic acids is 1. The molecule has 1 unspecified atom stereocenters. The summed E-state index contributed by atoms with van der Waals surface area (Å²) in [5, 5.41) is 9.91. The zero-order valence-electron chi connectivity index (χ0n) is 11.7. The molecule has 0 saturated carbocycles. The lowest BCUT2D eigenvalue weighted by molar-refractivity contribution is -0.137. The van der Waals surface area contributed by atoms with Crippen LogP contribution in [0.15, 0.2) is 24.3 Å². The molecule has 0 saturated heterocycles. The summed E-state index contributed by atoms with van der Waals surface area (Å²) in [6, 6.07) is 6.39. The van der Waals surface area contributed by atoms with Crippen LogP contribution < -0.4 is 10.1 Å². The first-order valence-corrected chi connectivity index (χ1v) is 7.83. The standard InChI is InChI=1S/C13H17NO6S/c1-9(7-13(16)17)21(18,19)8-12(15)14-10-3-5-11(20-2)6-4-10/h3-6,9H,7-8H2,1-2H3,(H,14,15)(H,16,17). The van der Waals surface area contributed by atoms with Gasteiger partial charge in [0.15, 0.2) is 9.84 Å². The molecule has 1 aromatic carbocycles. The van der Waals surface area contributed by atoms with Gasteiger partial charge in [-0.15, -0.1) is 0 Å². The minimum atomic E-state index is -3.81. The number of ether oxygens (including phenoxy) is 1. The van der Waals surface area contributed by atoms with Crippen LogP contribution in [0.25, 0.3) is 0 Å². The second kappa shape index (κ2) is 7.07. The van der Waals surface area contributed by atoms with Gasteiger partial charge in [0.25, 0.3) is 0 Å². The third-order valence-corrected chi connectivity index (χ3v) is 4.84. The molecular weight excluding hydrogens is 298 g/mol. The number of amides is 1. The number of anilines is 1. The van der Waals surface area contributed by atoms with Crippen LogP contribution in [0, 0.1) is 0 Å². The van der Waals surface area contributed by atoms with E-state index >= 15 is 0 Å². The fourth-order valence-corrected chi connectivity index (χ4v) is 2.69. The zero-order chi connectivity index (χ0) is 16.0. The molecule has 7 nitrogen and oxygen atoms in total. The van der Waals surface area contributed by atoms with E-state index in [1.165, 1.54) is 14.0 Å². The van der Waals surface area contributed by atoms with Crippen LogP contribution in [0.3, 0.4) is 0 Å². The van der Waals surface area contributed by atoms with Crippen LogP contribution >= 0.6 is 0 Å². The summed E-state index contributed by atoms with van der Waals surface area (Å²) < 4.78 is 28.6. The lowest BCUT2D eigenvalue weighted by Crippen LogP contribution is -2.30. The Bertz CT molecular complexity index is 608. The van der Waals surface area contributed by atoms with Crippen molar-refractivity contribution in [2.45, 2.75) is 18.6 Å². The lowest BCUT2D eigenvalue weighted by Gasteiger charge is -2.11. The van der Waals surface area contributed by atoms with E-state index in [4.69, 9.17) is 9.84 Å². The summed E-state index contributed by atoms with van der Waals surface area (Å²) >= 11 is 0. The van der Waals surface area contributed by atoms with E-state index in [0.717, 1.165) is 0 Å². The molecule has 0 aromatic heterocycles. The van der Waals surface area contributed by atoms with Gasteiger partial charge in [-0.3, -0.25) is 9.59 Å². The molecule has 0 aliphatic rings. The number of hydrogen-bond acceptors (Lipinski definition) is 5. The van der Waals surface area contributed by atoms with Gasteiger partial charge in [0, 0.05) is 5.69 Å². The number of carbonyl (C=O) groups is 2. The predicted octanol–water partition coefficient (Wildman–Crippen LogP) is 0.912. The molecule has 0 spiro atoms. The number of aliphatic carboxylic acids is 1. The van der Waals surface area contributed by atoms with Crippen molar-refractivity contribution in [3.63, 3.8) is 0 Å². The van der Waals surface area contributed by atoms with Gasteiger partial charge in [-0.25, -0.2) is 8.42 Å². The highest BCUT2D eigenvalue weighted by molar-refractivity contribution is 7.92. The van der Waals surface area contributed by atoms with Crippen molar-refractivity contribution in [2.75, 3.05) is 18.2 Å². The van der Waals surface area contributed by atoms with E-state index in [1.54, 1.807) is 24.3 Å². The molecule has 1 aromatic rings. The lowest BCUT2D eigenvalue weighted by atomic mass is 10.3. The Kier molecular flexibility index (Phi) is 5.71. The van der Waals surface area contributed by atoms with Gasteiger partial charge >= 0.3 is 5.97 Å². The van der Waals surface area contributed by atoms with Crippen LogP contribution in [0.5, 0.6) is 5.75 Å². The highest BCUT2D eigenvalue weighted by Crippen LogP contribution is 2.15. The maximum absolute atomic E-state index is 11.8. The Morgan fingerprint density at radius 3 is 2.33 bits per heavy atom. The van der Waals surface area contributed by atoms with Gasteiger partial charge in [-0.2, -0.15) is 0 Å². The monoisotopic (exact) mass is 315 g/mol. The smallest absolute Gasteiger partial charge is 0.304 e. The van der Waals surface area contributed by atoms with Gasteiger partial charge in [-0.1, -0.05) is 0 Å². The van der Waals surface area contributed by atoms with E-state index in [-0.39, 0.29) is 0 Å². The molecule has 1 rings (SSSR count). The summed E-state index contributed by atoms with van der Waals surface area (Å²) in [6.45, 7) is 1.27. The molecule has 0 radical (unpaired) electrons. The Hall–Kier alpha value is -2.09. The van der Waals surface area contributed by atoms with Crippen LogP contribution in [0.4, 0.5) is 5.69 Å². The number of sulfone groups is 1. The molecule has 0 aliphatic heterocycles. The van der Waals surface area contributed by atoms with Crippen molar-refractivity contribution in [3.05, 3.63) is 24.3 Å². The van der Waals surface area contributed by atoms with Crippen molar-refractivity contribution in [1.82, 2.24) is 0 Å². The molecule has 0 aliphatic carbocycles. The van der Waals surface area contributed by atoms with Gasteiger partial charge in [0.1, 0.15) is 11.5 Å². The Balaban J connectivity index is 2.65. The number of carboxylic acid groups (broad SMARTS) is 1. The first-order chi connectivity index (χ1) is 9.74.